The number of rotatable bonds is 3. The Hall–Kier alpha value is -0.210. The van der Waals surface area contributed by atoms with Crippen molar-refractivity contribution < 1.29 is 4.74 Å². The van der Waals surface area contributed by atoms with Crippen LogP contribution in [0.2, 0.25) is 5.02 Å². The summed E-state index contributed by atoms with van der Waals surface area (Å²) in [6.45, 7) is 4.77. The highest BCUT2D eigenvalue weighted by molar-refractivity contribution is 9.10. The van der Waals surface area contributed by atoms with Gasteiger partial charge in [0, 0.05) is 4.47 Å². The fourth-order valence-corrected chi connectivity index (χ4v) is 2.10. The van der Waals surface area contributed by atoms with Crippen LogP contribution in [-0.4, -0.2) is 6.61 Å². The summed E-state index contributed by atoms with van der Waals surface area (Å²) >= 11 is 9.39. The molecule has 3 heteroatoms. The van der Waals surface area contributed by atoms with Crippen molar-refractivity contribution in [3.05, 3.63) is 27.2 Å². The zero-order valence-corrected chi connectivity index (χ0v) is 10.1. The molecule has 0 radical (unpaired) electrons. The van der Waals surface area contributed by atoms with Gasteiger partial charge in [0.05, 0.1) is 11.6 Å². The molecule has 0 unspecified atom stereocenters. The van der Waals surface area contributed by atoms with Crippen molar-refractivity contribution >= 4 is 27.5 Å². The van der Waals surface area contributed by atoms with Gasteiger partial charge in [0.2, 0.25) is 0 Å². The van der Waals surface area contributed by atoms with Crippen LogP contribution in [0.3, 0.4) is 0 Å². The van der Waals surface area contributed by atoms with Crippen molar-refractivity contribution in [2.75, 3.05) is 6.61 Å². The standard InChI is InChI=1S/C10H12BrClO/c1-3-4-13-10-7(2)5-8(11)6-9(10)12/h5-6H,3-4H2,1-2H3. The summed E-state index contributed by atoms with van der Waals surface area (Å²) < 4.78 is 6.50. The van der Waals surface area contributed by atoms with Crippen LogP contribution < -0.4 is 4.74 Å². The number of aryl methyl sites for hydroxylation is 1. The van der Waals surface area contributed by atoms with Gasteiger partial charge in [-0.1, -0.05) is 34.5 Å². The molecule has 72 valence electrons. The Balaban J connectivity index is 2.92. The number of hydrogen-bond donors (Lipinski definition) is 0. The van der Waals surface area contributed by atoms with Gasteiger partial charge in [-0.2, -0.15) is 0 Å². The van der Waals surface area contributed by atoms with Gasteiger partial charge in [0.15, 0.2) is 0 Å². The molecule has 0 saturated heterocycles. The molecule has 1 rings (SSSR count). The summed E-state index contributed by atoms with van der Waals surface area (Å²) in [4.78, 5) is 0. The number of hydrogen-bond acceptors (Lipinski definition) is 1. The van der Waals surface area contributed by atoms with Crippen molar-refractivity contribution in [1.29, 1.82) is 0 Å². The van der Waals surface area contributed by atoms with Crippen molar-refractivity contribution in [1.82, 2.24) is 0 Å². The van der Waals surface area contributed by atoms with Crippen LogP contribution in [0.4, 0.5) is 0 Å². The maximum absolute atomic E-state index is 6.02. The van der Waals surface area contributed by atoms with Gasteiger partial charge in [-0.3, -0.25) is 0 Å². The molecule has 0 atom stereocenters. The average molecular weight is 264 g/mol. The second kappa shape index (κ2) is 4.87. The van der Waals surface area contributed by atoms with E-state index in [0.29, 0.717) is 11.6 Å². The largest absolute Gasteiger partial charge is 0.492 e. The molecule has 0 aromatic heterocycles. The maximum atomic E-state index is 6.02. The normalized spacial score (nSPS) is 10.2. The van der Waals surface area contributed by atoms with Gasteiger partial charge in [-0.25, -0.2) is 0 Å². The topological polar surface area (TPSA) is 9.23 Å². The van der Waals surface area contributed by atoms with E-state index in [1.54, 1.807) is 0 Å². The Morgan fingerprint density at radius 3 is 2.69 bits per heavy atom. The van der Waals surface area contributed by atoms with Crippen LogP contribution in [0.5, 0.6) is 5.75 Å². The third-order valence-corrected chi connectivity index (χ3v) is 2.38. The van der Waals surface area contributed by atoms with Crippen LogP contribution in [0, 0.1) is 6.92 Å². The zero-order valence-electron chi connectivity index (χ0n) is 7.73. The lowest BCUT2D eigenvalue weighted by atomic mass is 10.2. The van der Waals surface area contributed by atoms with Crippen LogP contribution in [0.25, 0.3) is 0 Å². The summed E-state index contributed by atoms with van der Waals surface area (Å²) in [5, 5.41) is 0.667. The van der Waals surface area contributed by atoms with E-state index in [1.807, 2.05) is 19.1 Å². The predicted molar refractivity (Wildman–Crippen MR) is 59.7 cm³/mol. The third-order valence-electron chi connectivity index (χ3n) is 1.64. The third kappa shape index (κ3) is 2.89. The van der Waals surface area contributed by atoms with Crippen molar-refractivity contribution in [3.8, 4) is 5.75 Å². The Bertz CT molecular complexity index is 276. The molecule has 1 aromatic rings. The summed E-state index contributed by atoms with van der Waals surface area (Å²) in [5.41, 5.74) is 1.06. The van der Waals surface area contributed by atoms with Gasteiger partial charge in [0.1, 0.15) is 5.75 Å². The average Bonchev–Trinajstić information content (AvgIpc) is 2.02. The molecular formula is C10H12BrClO. The quantitative estimate of drug-likeness (QED) is 0.794. The Morgan fingerprint density at radius 2 is 2.15 bits per heavy atom. The molecule has 0 spiro atoms. The van der Waals surface area contributed by atoms with Gasteiger partial charge in [-0.05, 0) is 31.0 Å². The summed E-state index contributed by atoms with van der Waals surface area (Å²) in [7, 11) is 0. The molecule has 0 N–H and O–H groups in total. The lowest BCUT2D eigenvalue weighted by Crippen LogP contribution is -1.97. The second-order valence-electron chi connectivity index (χ2n) is 2.88. The van der Waals surface area contributed by atoms with Gasteiger partial charge < -0.3 is 4.74 Å². The highest BCUT2D eigenvalue weighted by atomic mass is 79.9. The van der Waals surface area contributed by atoms with Crippen LogP contribution >= 0.6 is 27.5 Å². The van der Waals surface area contributed by atoms with Crippen molar-refractivity contribution in [2.45, 2.75) is 20.3 Å². The van der Waals surface area contributed by atoms with Crippen LogP contribution in [0.15, 0.2) is 16.6 Å². The Labute approximate surface area is 92.2 Å². The number of benzene rings is 1. The molecule has 1 nitrogen and oxygen atoms in total. The first-order chi connectivity index (χ1) is 6.15. The summed E-state index contributed by atoms with van der Waals surface area (Å²) in [5.74, 6) is 0.798. The molecule has 0 bridgehead atoms. The highest BCUT2D eigenvalue weighted by Crippen LogP contribution is 2.31. The van der Waals surface area contributed by atoms with E-state index in [4.69, 9.17) is 16.3 Å². The Morgan fingerprint density at radius 1 is 1.46 bits per heavy atom. The Kier molecular flexibility index (Phi) is 4.07. The number of halogens is 2. The van der Waals surface area contributed by atoms with E-state index in [1.165, 1.54) is 0 Å². The first kappa shape index (κ1) is 10.9. The first-order valence-electron chi connectivity index (χ1n) is 4.23. The SMILES string of the molecule is CCCOc1c(C)cc(Br)cc1Cl. The zero-order chi connectivity index (χ0) is 9.84. The van der Waals surface area contributed by atoms with E-state index >= 15 is 0 Å². The molecule has 0 aliphatic heterocycles. The lowest BCUT2D eigenvalue weighted by molar-refractivity contribution is 0.315. The van der Waals surface area contributed by atoms with Crippen molar-refractivity contribution in [3.63, 3.8) is 0 Å². The molecule has 13 heavy (non-hydrogen) atoms. The van der Waals surface area contributed by atoms with E-state index in [0.717, 1.165) is 22.2 Å². The maximum Gasteiger partial charge on any atom is 0.140 e. The van der Waals surface area contributed by atoms with E-state index in [-0.39, 0.29) is 0 Å². The van der Waals surface area contributed by atoms with E-state index < -0.39 is 0 Å². The van der Waals surface area contributed by atoms with Gasteiger partial charge in [0.25, 0.3) is 0 Å². The summed E-state index contributed by atoms with van der Waals surface area (Å²) in [6, 6.07) is 3.84. The van der Waals surface area contributed by atoms with Gasteiger partial charge >= 0.3 is 0 Å². The fourth-order valence-electron chi connectivity index (χ4n) is 1.08. The minimum Gasteiger partial charge on any atom is -0.492 e. The fraction of sp³-hybridized carbons (Fsp3) is 0.400. The minimum absolute atomic E-state index is 0.667. The molecule has 0 fully saturated rings. The molecule has 0 amide bonds. The smallest absolute Gasteiger partial charge is 0.140 e. The molecule has 0 aliphatic rings. The van der Waals surface area contributed by atoms with Crippen LogP contribution in [-0.2, 0) is 0 Å². The second-order valence-corrected chi connectivity index (χ2v) is 4.20. The minimum atomic E-state index is 0.667. The molecule has 0 aliphatic carbocycles. The first-order valence-corrected chi connectivity index (χ1v) is 5.40. The predicted octanol–water partition coefficient (Wildman–Crippen LogP) is 4.20. The number of ether oxygens (including phenoxy) is 1. The summed E-state index contributed by atoms with van der Waals surface area (Å²) in [6.07, 6.45) is 0.992. The van der Waals surface area contributed by atoms with E-state index in [2.05, 4.69) is 22.9 Å². The van der Waals surface area contributed by atoms with E-state index in [9.17, 15) is 0 Å². The lowest BCUT2D eigenvalue weighted by Gasteiger charge is -2.10. The molecule has 0 saturated carbocycles. The van der Waals surface area contributed by atoms with Gasteiger partial charge in [-0.15, -0.1) is 0 Å². The van der Waals surface area contributed by atoms with Crippen LogP contribution in [0.1, 0.15) is 18.9 Å². The molecular weight excluding hydrogens is 251 g/mol. The van der Waals surface area contributed by atoms with Crippen molar-refractivity contribution in [2.24, 2.45) is 0 Å². The highest BCUT2D eigenvalue weighted by Gasteiger charge is 2.06. The molecule has 1 aromatic carbocycles. The molecule has 0 heterocycles. The monoisotopic (exact) mass is 262 g/mol.